The number of imide groups is 1. The van der Waals surface area contributed by atoms with Gasteiger partial charge in [-0.15, -0.1) is 0 Å². The molecule has 1 unspecified atom stereocenters. The third-order valence-electron chi connectivity index (χ3n) is 8.97. The molecule has 4 fully saturated rings. The molecule has 1 aromatic rings. The van der Waals surface area contributed by atoms with Crippen LogP contribution in [0.5, 0.6) is 0 Å². The maximum atomic E-state index is 13.6. The molecule has 8 heteroatoms. The lowest BCUT2D eigenvalue weighted by molar-refractivity contribution is -0.136. The minimum absolute atomic E-state index is 0.103. The molecule has 1 aliphatic carbocycles. The van der Waals surface area contributed by atoms with Gasteiger partial charge in [-0.2, -0.15) is 0 Å². The van der Waals surface area contributed by atoms with Gasteiger partial charge < -0.3 is 9.80 Å². The SMILES string of the molecule is CN1CCC(CCCN2CCN(c3ccc4c(c3)C(=O)N(C3CCC(=O)NC3=O)C4=C3CC3)CC2)CC1. The monoisotopic (exact) mass is 505 g/mol. The molecule has 1 N–H and O–H groups in total. The Labute approximate surface area is 219 Å². The van der Waals surface area contributed by atoms with Gasteiger partial charge in [-0.1, -0.05) is 6.07 Å². The number of hydrogen-bond acceptors (Lipinski definition) is 6. The van der Waals surface area contributed by atoms with Crippen LogP contribution in [-0.4, -0.2) is 91.3 Å². The number of carbonyl (C=O) groups is 3. The van der Waals surface area contributed by atoms with Gasteiger partial charge in [0.2, 0.25) is 11.8 Å². The molecule has 5 aliphatic rings. The summed E-state index contributed by atoms with van der Waals surface area (Å²) in [5, 5.41) is 2.43. The Morgan fingerprint density at radius 3 is 2.35 bits per heavy atom. The van der Waals surface area contributed by atoms with Crippen molar-refractivity contribution in [3.05, 3.63) is 34.9 Å². The molecule has 3 saturated heterocycles. The van der Waals surface area contributed by atoms with Gasteiger partial charge in [0.15, 0.2) is 0 Å². The fraction of sp³-hybridized carbons (Fsp3) is 0.621. The zero-order valence-electron chi connectivity index (χ0n) is 22.0. The highest BCUT2D eigenvalue weighted by molar-refractivity contribution is 6.14. The zero-order valence-corrected chi connectivity index (χ0v) is 22.0. The number of rotatable bonds is 6. The first kappa shape index (κ1) is 24.6. The molecule has 4 heterocycles. The molecule has 0 aromatic heterocycles. The summed E-state index contributed by atoms with van der Waals surface area (Å²) in [6.07, 6.45) is 7.92. The van der Waals surface area contributed by atoms with E-state index < -0.39 is 6.04 Å². The van der Waals surface area contributed by atoms with Crippen molar-refractivity contribution in [2.45, 2.75) is 57.4 Å². The molecule has 4 aliphatic heterocycles. The number of piperazine rings is 1. The summed E-state index contributed by atoms with van der Waals surface area (Å²) in [6, 6.07) is 5.63. The first-order chi connectivity index (χ1) is 18.0. The van der Waals surface area contributed by atoms with Gasteiger partial charge in [0.1, 0.15) is 6.04 Å². The number of benzene rings is 1. The first-order valence-electron chi connectivity index (χ1n) is 14.2. The van der Waals surface area contributed by atoms with E-state index in [2.05, 4.69) is 39.2 Å². The number of nitrogens with one attached hydrogen (secondary N) is 1. The number of nitrogens with zero attached hydrogens (tertiary/aromatic N) is 4. The van der Waals surface area contributed by atoms with E-state index in [4.69, 9.17) is 0 Å². The Balaban J connectivity index is 1.08. The Hall–Kier alpha value is -2.71. The van der Waals surface area contributed by atoms with E-state index >= 15 is 0 Å². The Morgan fingerprint density at radius 2 is 1.65 bits per heavy atom. The third kappa shape index (κ3) is 5.06. The van der Waals surface area contributed by atoms with Gasteiger partial charge in [0.05, 0.1) is 11.3 Å². The molecule has 1 aromatic carbocycles. The van der Waals surface area contributed by atoms with Crippen LogP contribution in [0.1, 0.15) is 67.3 Å². The van der Waals surface area contributed by atoms with Crippen molar-refractivity contribution in [3.63, 3.8) is 0 Å². The van der Waals surface area contributed by atoms with Crippen LogP contribution in [0.2, 0.25) is 0 Å². The normalized spacial score (nSPS) is 25.6. The van der Waals surface area contributed by atoms with Gasteiger partial charge in [0, 0.05) is 43.9 Å². The average molecular weight is 506 g/mol. The fourth-order valence-electron chi connectivity index (χ4n) is 6.54. The van der Waals surface area contributed by atoms with Crippen LogP contribution >= 0.6 is 0 Å². The van der Waals surface area contributed by atoms with Gasteiger partial charge >= 0.3 is 0 Å². The van der Waals surface area contributed by atoms with E-state index in [9.17, 15) is 14.4 Å². The minimum atomic E-state index is -0.609. The number of likely N-dealkylation sites (tertiary alicyclic amines) is 1. The summed E-state index contributed by atoms with van der Waals surface area (Å²) < 4.78 is 0. The van der Waals surface area contributed by atoms with Crippen molar-refractivity contribution >= 4 is 29.1 Å². The van der Waals surface area contributed by atoms with Crippen molar-refractivity contribution in [1.29, 1.82) is 0 Å². The van der Waals surface area contributed by atoms with E-state index in [0.717, 1.165) is 61.9 Å². The van der Waals surface area contributed by atoms with Crippen LogP contribution in [0.3, 0.4) is 0 Å². The third-order valence-corrected chi connectivity index (χ3v) is 8.97. The summed E-state index contributed by atoms with van der Waals surface area (Å²) >= 11 is 0. The molecule has 1 saturated carbocycles. The topological polar surface area (TPSA) is 76.2 Å². The summed E-state index contributed by atoms with van der Waals surface area (Å²) in [4.78, 5) is 47.0. The van der Waals surface area contributed by atoms with Gasteiger partial charge in [-0.25, -0.2) is 0 Å². The Kier molecular flexibility index (Phi) is 6.80. The summed E-state index contributed by atoms with van der Waals surface area (Å²) in [7, 11) is 2.23. The number of fused-ring (bicyclic) bond motifs is 1. The van der Waals surface area contributed by atoms with Crippen molar-refractivity contribution < 1.29 is 14.4 Å². The fourth-order valence-corrected chi connectivity index (χ4v) is 6.54. The van der Waals surface area contributed by atoms with Crippen LogP contribution in [0.15, 0.2) is 23.8 Å². The minimum Gasteiger partial charge on any atom is -0.369 e. The van der Waals surface area contributed by atoms with Gasteiger partial charge in [-0.05, 0) is 95.3 Å². The van der Waals surface area contributed by atoms with Crippen molar-refractivity contribution in [1.82, 2.24) is 20.0 Å². The maximum Gasteiger partial charge on any atom is 0.259 e. The largest absolute Gasteiger partial charge is 0.369 e. The molecule has 3 amide bonds. The second-order valence-corrected chi connectivity index (χ2v) is 11.5. The average Bonchev–Trinajstić information content (AvgIpc) is 3.70. The number of amides is 3. The molecule has 8 nitrogen and oxygen atoms in total. The van der Waals surface area contributed by atoms with E-state index in [1.165, 1.54) is 50.9 Å². The highest BCUT2D eigenvalue weighted by Crippen LogP contribution is 2.46. The van der Waals surface area contributed by atoms with Gasteiger partial charge in [0.25, 0.3) is 5.91 Å². The van der Waals surface area contributed by atoms with E-state index in [1.807, 2.05) is 6.07 Å². The summed E-state index contributed by atoms with van der Waals surface area (Å²) in [6.45, 7) is 7.71. The summed E-state index contributed by atoms with van der Waals surface area (Å²) in [5.74, 6) is 0.183. The molecular formula is C29H39N5O3. The second-order valence-electron chi connectivity index (χ2n) is 11.5. The van der Waals surface area contributed by atoms with Crippen molar-refractivity contribution in [2.75, 3.05) is 57.8 Å². The Bertz CT molecular complexity index is 1110. The standard InChI is InChI=1S/C29H39N5O3/c1-31-13-10-20(11-14-31)3-2-12-32-15-17-33(18-16-32)22-6-7-23-24(19-22)29(37)34(27(23)21-4-5-21)25-8-9-26(35)30-28(25)36/h6-7,19-20,25H,2-5,8-18H2,1H3,(H,30,35,36). The molecular weight excluding hydrogens is 466 g/mol. The van der Waals surface area contributed by atoms with Crippen LogP contribution in [0.4, 0.5) is 5.69 Å². The number of carbonyl (C=O) groups excluding carboxylic acids is 3. The predicted octanol–water partition coefficient (Wildman–Crippen LogP) is 2.70. The highest BCUT2D eigenvalue weighted by Gasteiger charge is 2.44. The molecule has 0 radical (unpaired) electrons. The predicted molar refractivity (Wildman–Crippen MR) is 143 cm³/mol. The molecule has 37 heavy (non-hydrogen) atoms. The van der Waals surface area contributed by atoms with E-state index in [0.29, 0.717) is 12.0 Å². The second kappa shape index (κ2) is 10.2. The van der Waals surface area contributed by atoms with E-state index in [-0.39, 0.29) is 24.1 Å². The van der Waals surface area contributed by atoms with Crippen LogP contribution in [-0.2, 0) is 9.59 Å². The molecule has 0 bridgehead atoms. The van der Waals surface area contributed by atoms with E-state index in [1.54, 1.807) is 4.90 Å². The van der Waals surface area contributed by atoms with Crippen molar-refractivity contribution in [3.8, 4) is 0 Å². The molecule has 0 spiro atoms. The van der Waals surface area contributed by atoms with Crippen LogP contribution in [0, 0.1) is 5.92 Å². The molecule has 198 valence electrons. The smallest absolute Gasteiger partial charge is 0.259 e. The molecule has 6 rings (SSSR count). The lowest BCUT2D eigenvalue weighted by Gasteiger charge is -2.36. The lowest BCUT2D eigenvalue weighted by atomic mass is 9.92. The quantitative estimate of drug-likeness (QED) is 0.600. The van der Waals surface area contributed by atoms with Crippen LogP contribution in [0.25, 0.3) is 5.70 Å². The highest BCUT2D eigenvalue weighted by atomic mass is 16.2. The van der Waals surface area contributed by atoms with Crippen molar-refractivity contribution in [2.24, 2.45) is 5.92 Å². The van der Waals surface area contributed by atoms with Crippen LogP contribution < -0.4 is 10.2 Å². The Morgan fingerprint density at radius 1 is 0.892 bits per heavy atom. The number of hydrogen-bond donors (Lipinski definition) is 1. The number of anilines is 1. The van der Waals surface area contributed by atoms with Gasteiger partial charge in [-0.3, -0.25) is 29.5 Å². The maximum absolute atomic E-state index is 13.6. The summed E-state index contributed by atoms with van der Waals surface area (Å²) in [5.41, 5.74) is 4.87. The number of piperidine rings is 2. The molecule has 1 atom stereocenters. The zero-order chi connectivity index (χ0) is 25.5. The lowest BCUT2D eigenvalue weighted by Crippen LogP contribution is -2.52. The first-order valence-corrected chi connectivity index (χ1v) is 14.2. The number of allylic oxidation sites excluding steroid dienone is 1.